The summed E-state index contributed by atoms with van der Waals surface area (Å²) in [5.41, 5.74) is 3.15. The fourth-order valence-corrected chi connectivity index (χ4v) is 3.83. The van der Waals surface area contributed by atoms with Gasteiger partial charge in [0.1, 0.15) is 12.0 Å². The molecule has 1 aromatic carbocycles. The summed E-state index contributed by atoms with van der Waals surface area (Å²) in [6, 6.07) is 14.1. The number of benzene rings is 1. The molecule has 148 valence electrons. The summed E-state index contributed by atoms with van der Waals surface area (Å²) in [6.45, 7) is 1.08. The number of nitrogens with zero attached hydrogens (tertiary/aromatic N) is 2. The number of hydrogen-bond donors (Lipinski definition) is 0. The van der Waals surface area contributed by atoms with Gasteiger partial charge in [0.25, 0.3) is 5.91 Å². The smallest absolute Gasteiger partial charge is 0.258 e. The molecule has 0 N–H and O–H groups in total. The maximum Gasteiger partial charge on any atom is 0.258 e. The molecule has 0 radical (unpaired) electrons. The van der Waals surface area contributed by atoms with E-state index in [-0.39, 0.29) is 11.7 Å². The highest BCUT2D eigenvalue weighted by atomic mass is 16.3. The van der Waals surface area contributed by atoms with Gasteiger partial charge < -0.3 is 9.32 Å². The minimum absolute atomic E-state index is 0.0106. The molecule has 1 aliphatic rings. The Morgan fingerprint density at radius 2 is 1.83 bits per heavy atom. The first kappa shape index (κ1) is 19.1. The van der Waals surface area contributed by atoms with Crippen molar-refractivity contribution in [2.24, 2.45) is 0 Å². The number of Topliss-reactive ketones (excluding diaryl/α,β-unsaturated/α-hetero) is 1. The molecule has 2 aromatic heterocycles. The van der Waals surface area contributed by atoms with E-state index in [9.17, 15) is 9.59 Å². The lowest BCUT2D eigenvalue weighted by Gasteiger charge is -2.23. The van der Waals surface area contributed by atoms with Gasteiger partial charge in [0.05, 0.1) is 11.1 Å². The van der Waals surface area contributed by atoms with Crippen LogP contribution in [-0.4, -0.2) is 28.1 Å². The number of rotatable bonds is 7. The molecule has 0 saturated heterocycles. The third-order valence-corrected chi connectivity index (χ3v) is 5.33. The van der Waals surface area contributed by atoms with Crippen LogP contribution in [0.5, 0.6) is 0 Å². The largest absolute Gasteiger partial charge is 0.468 e. The van der Waals surface area contributed by atoms with Crippen LogP contribution < -0.4 is 0 Å². The Bertz CT molecular complexity index is 980. The van der Waals surface area contributed by atoms with Gasteiger partial charge in [0, 0.05) is 38.3 Å². The average Bonchev–Trinajstić information content (AvgIpc) is 3.20. The summed E-state index contributed by atoms with van der Waals surface area (Å²) in [5, 5.41) is 0. The zero-order chi connectivity index (χ0) is 20.1. The monoisotopic (exact) mass is 388 g/mol. The van der Waals surface area contributed by atoms with Crippen molar-refractivity contribution in [2.75, 3.05) is 6.54 Å². The predicted octanol–water partition coefficient (Wildman–Crippen LogP) is 4.47. The summed E-state index contributed by atoms with van der Waals surface area (Å²) in [4.78, 5) is 31.6. The van der Waals surface area contributed by atoms with Crippen molar-refractivity contribution in [3.05, 3.63) is 89.1 Å². The lowest BCUT2D eigenvalue weighted by atomic mass is 9.93. The lowest BCUT2D eigenvalue weighted by molar-refractivity contribution is 0.0735. The van der Waals surface area contributed by atoms with Crippen LogP contribution in [0.4, 0.5) is 0 Å². The standard InChI is InChI=1S/C24H24N2O3/c27-21-9-4-10-22-23(21)20(17-29-22)24(28)26(16-19-11-13-25-14-12-19)15-5-8-18-6-2-1-3-7-18/h1-3,6-7,11-14,17H,4-5,8-10,15-16H2. The maximum atomic E-state index is 13.4. The Balaban J connectivity index is 1.53. The van der Waals surface area contributed by atoms with E-state index in [1.54, 1.807) is 12.4 Å². The Morgan fingerprint density at radius 1 is 1.03 bits per heavy atom. The first-order valence-electron chi connectivity index (χ1n) is 10.1. The molecule has 0 spiro atoms. The number of amides is 1. The molecular weight excluding hydrogens is 364 g/mol. The Kier molecular flexibility index (Phi) is 5.84. The molecule has 0 saturated carbocycles. The lowest BCUT2D eigenvalue weighted by Crippen LogP contribution is -2.33. The van der Waals surface area contributed by atoms with Crippen LogP contribution in [0.15, 0.2) is 65.5 Å². The molecule has 0 atom stereocenters. The van der Waals surface area contributed by atoms with Gasteiger partial charge in [0.2, 0.25) is 0 Å². The zero-order valence-electron chi connectivity index (χ0n) is 16.3. The number of ketones is 1. The SMILES string of the molecule is O=C1CCCc2occ(C(=O)N(CCCc3ccccc3)Cc3ccncc3)c21. The van der Waals surface area contributed by atoms with Crippen molar-refractivity contribution in [3.8, 4) is 0 Å². The number of carbonyl (C=O) groups excluding carboxylic acids is 2. The number of hydrogen-bond acceptors (Lipinski definition) is 4. The van der Waals surface area contributed by atoms with E-state index in [2.05, 4.69) is 17.1 Å². The number of aromatic nitrogens is 1. The van der Waals surface area contributed by atoms with E-state index in [0.29, 0.717) is 42.8 Å². The molecule has 5 nitrogen and oxygen atoms in total. The molecule has 5 heteroatoms. The molecule has 1 aliphatic carbocycles. The molecular formula is C24H24N2O3. The highest BCUT2D eigenvalue weighted by Gasteiger charge is 2.30. The molecule has 4 rings (SSSR count). The molecule has 3 aromatic rings. The van der Waals surface area contributed by atoms with Gasteiger partial charge in [0.15, 0.2) is 5.78 Å². The first-order valence-corrected chi connectivity index (χ1v) is 10.1. The normalized spacial score (nSPS) is 13.2. The molecule has 0 fully saturated rings. The van der Waals surface area contributed by atoms with Gasteiger partial charge in [-0.2, -0.15) is 0 Å². The highest BCUT2D eigenvalue weighted by Crippen LogP contribution is 2.27. The van der Waals surface area contributed by atoms with Gasteiger partial charge in [-0.25, -0.2) is 0 Å². The first-order chi connectivity index (χ1) is 14.2. The van der Waals surface area contributed by atoms with E-state index in [0.717, 1.165) is 24.8 Å². The second-order valence-electron chi connectivity index (χ2n) is 7.40. The number of pyridine rings is 1. The van der Waals surface area contributed by atoms with Crippen LogP contribution in [-0.2, 0) is 19.4 Å². The fourth-order valence-electron chi connectivity index (χ4n) is 3.83. The minimum atomic E-state index is -0.143. The predicted molar refractivity (Wildman–Crippen MR) is 110 cm³/mol. The number of carbonyl (C=O) groups is 2. The van der Waals surface area contributed by atoms with Crippen LogP contribution in [0, 0.1) is 0 Å². The second kappa shape index (κ2) is 8.86. The Morgan fingerprint density at radius 3 is 2.62 bits per heavy atom. The van der Waals surface area contributed by atoms with Crippen LogP contribution in [0.1, 0.15) is 56.9 Å². The summed E-state index contributed by atoms with van der Waals surface area (Å²) in [6.07, 6.45) is 8.63. The fraction of sp³-hybridized carbons (Fsp3) is 0.292. The van der Waals surface area contributed by atoms with Crippen molar-refractivity contribution >= 4 is 11.7 Å². The highest BCUT2D eigenvalue weighted by molar-refractivity contribution is 6.09. The maximum absolute atomic E-state index is 13.4. The minimum Gasteiger partial charge on any atom is -0.468 e. The van der Waals surface area contributed by atoms with Gasteiger partial charge in [-0.05, 0) is 42.5 Å². The van der Waals surface area contributed by atoms with E-state index in [1.165, 1.54) is 11.8 Å². The van der Waals surface area contributed by atoms with E-state index >= 15 is 0 Å². The summed E-state index contributed by atoms with van der Waals surface area (Å²) >= 11 is 0. The average molecular weight is 388 g/mol. The van der Waals surface area contributed by atoms with Crippen molar-refractivity contribution in [1.29, 1.82) is 0 Å². The van der Waals surface area contributed by atoms with Gasteiger partial charge in [-0.15, -0.1) is 0 Å². The van der Waals surface area contributed by atoms with Crippen LogP contribution >= 0.6 is 0 Å². The van der Waals surface area contributed by atoms with Gasteiger partial charge >= 0.3 is 0 Å². The third kappa shape index (κ3) is 4.45. The second-order valence-corrected chi connectivity index (χ2v) is 7.40. The van der Waals surface area contributed by atoms with E-state index < -0.39 is 0 Å². The molecule has 0 unspecified atom stereocenters. The topological polar surface area (TPSA) is 63.4 Å². The molecule has 0 bridgehead atoms. The van der Waals surface area contributed by atoms with Gasteiger partial charge in [-0.1, -0.05) is 30.3 Å². The van der Waals surface area contributed by atoms with E-state index in [1.807, 2.05) is 35.2 Å². The molecule has 2 heterocycles. The molecule has 1 amide bonds. The van der Waals surface area contributed by atoms with Crippen LogP contribution in [0.25, 0.3) is 0 Å². The third-order valence-electron chi connectivity index (χ3n) is 5.33. The number of furan rings is 1. The molecule has 29 heavy (non-hydrogen) atoms. The Hall–Kier alpha value is -3.21. The van der Waals surface area contributed by atoms with Gasteiger partial charge in [-0.3, -0.25) is 14.6 Å². The summed E-state index contributed by atoms with van der Waals surface area (Å²) in [7, 11) is 0. The van der Waals surface area contributed by atoms with Crippen molar-refractivity contribution in [1.82, 2.24) is 9.88 Å². The summed E-state index contributed by atoms with van der Waals surface area (Å²) in [5.74, 6) is 0.518. The molecule has 0 aliphatic heterocycles. The number of aryl methyl sites for hydroxylation is 2. The number of fused-ring (bicyclic) bond motifs is 1. The summed E-state index contributed by atoms with van der Waals surface area (Å²) < 4.78 is 5.57. The van der Waals surface area contributed by atoms with Crippen molar-refractivity contribution in [3.63, 3.8) is 0 Å². The van der Waals surface area contributed by atoms with Crippen molar-refractivity contribution < 1.29 is 14.0 Å². The Labute approximate surface area is 170 Å². The van der Waals surface area contributed by atoms with Crippen LogP contribution in [0.3, 0.4) is 0 Å². The van der Waals surface area contributed by atoms with Crippen molar-refractivity contribution in [2.45, 2.75) is 38.6 Å². The van der Waals surface area contributed by atoms with Crippen LogP contribution in [0.2, 0.25) is 0 Å². The zero-order valence-corrected chi connectivity index (χ0v) is 16.3. The quantitative estimate of drug-likeness (QED) is 0.599. The van der Waals surface area contributed by atoms with E-state index in [4.69, 9.17) is 4.42 Å².